The second kappa shape index (κ2) is 19.4. The van der Waals surface area contributed by atoms with Gasteiger partial charge in [0, 0.05) is 57.8 Å². The van der Waals surface area contributed by atoms with Crippen LogP contribution >= 0.6 is 0 Å². The Hall–Kier alpha value is -9.28. The van der Waals surface area contributed by atoms with Crippen LogP contribution in [0.1, 0.15) is 22.3 Å². The lowest BCUT2D eigenvalue weighted by atomic mass is 9.91. The number of hydrogen-bond donors (Lipinski definition) is 0. The number of halogens is 8. The van der Waals surface area contributed by atoms with Gasteiger partial charge in [0.2, 0.25) is 0 Å². The third-order valence-corrected chi connectivity index (χ3v) is 14.2. The van der Waals surface area contributed by atoms with Crippen molar-refractivity contribution in [1.29, 1.82) is 0 Å². The van der Waals surface area contributed by atoms with E-state index in [0.29, 0.717) is 33.6 Å². The lowest BCUT2D eigenvalue weighted by Gasteiger charge is -2.31. The maximum atomic E-state index is 15.0. The first-order chi connectivity index (χ1) is 37.5. The molecule has 0 saturated heterocycles. The molecule has 0 amide bonds. The minimum Gasteiger partial charge on any atom is -0.310 e. The third kappa shape index (κ3) is 9.44. The van der Waals surface area contributed by atoms with Gasteiger partial charge in [-0.15, -0.1) is 0 Å². The highest BCUT2D eigenvalue weighted by molar-refractivity contribution is 6.28. The fourth-order valence-corrected chi connectivity index (χ4v) is 11.2. The number of benzene rings is 12. The van der Waals surface area contributed by atoms with Crippen molar-refractivity contribution < 1.29 is 35.1 Å². The summed E-state index contributed by atoms with van der Waals surface area (Å²) >= 11 is 0. The van der Waals surface area contributed by atoms with Crippen LogP contribution in [0.25, 0.3) is 76.8 Å². The van der Waals surface area contributed by atoms with Crippen molar-refractivity contribution >= 4 is 66.4 Å². The molecule has 0 heterocycles. The molecule has 0 saturated carbocycles. The van der Waals surface area contributed by atoms with Crippen LogP contribution in [0.3, 0.4) is 0 Å². The van der Waals surface area contributed by atoms with Crippen molar-refractivity contribution in [3.8, 4) is 44.5 Å². The number of nitrogens with zero attached hydrogens (tertiary/aromatic N) is 2. The lowest BCUT2D eigenvalue weighted by Crippen LogP contribution is -2.12. The van der Waals surface area contributed by atoms with Crippen molar-refractivity contribution in [1.82, 2.24) is 0 Å². The van der Waals surface area contributed by atoms with Crippen molar-refractivity contribution in [2.45, 2.75) is 27.7 Å². The Labute approximate surface area is 444 Å². The molecule has 0 bridgehead atoms. The van der Waals surface area contributed by atoms with Gasteiger partial charge >= 0.3 is 0 Å². The van der Waals surface area contributed by atoms with Gasteiger partial charge in [-0.3, -0.25) is 0 Å². The standard InChI is InChI=1S/C68H44F8N2/c1-37-13-38(2)16-59(15-37)77(61-29-43(47-21-51(69)33-52(70)22-47)19-44(30-61)48-23-53(71)34-54(72)24-48)65-11-7-41-6-10-64-66(12-8-42-5-9-63(65)67(41)68(42)64)78(60-17-39(3)14-40(4)18-60)62-31-45(49-25-55(73)35-56(74)26-49)20-46(32-62)50-27-57(75)36-58(76)28-50/h5-36H,1-4H3. The van der Waals surface area contributed by atoms with Gasteiger partial charge in [0.05, 0.1) is 11.4 Å². The summed E-state index contributed by atoms with van der Waals surface area (Å²) in [4.78, 5) is 4.09. The van der Waals surface area contributed by atoms with E-state index in [9.17, 15) is 0 Å². The van der Waals surface area contributed by atoms with E-state index >= 15 is 35.1 Å². The van der Waals surface area contributed by atoms with Gasteiger partial charge in [0.15, 0.2) is 0 Å². The normalized spacial score (nSPS) is 11.6. The van der Waals surface area contributed by atoms with Crippen LogP contribution in [-0.4, -0.2) is 0 Å². The molecule has 0 aliphatic rings. The zero-order valence-electron chi connectivity index (χ0n) is 42.4. The Bertz CT molecular complexity index is 3850. The molecule has 12 aromatic rings. The molecule has 12 aromatic carbocycles. The molecule has 382 valence electrons. The average Bonchev–Trinajstić information content (AvgIpc) is 3.57. The Balaban J connectivity index is 1.13. The van der Waals surface area contributed by atoms with Gasteiger partial charge < -0.3 is 9.80 Å². The third-order valence-electron chi connectivity index (χ3n) is 14.2. The summed E-state index contributed by atoms with van der Waals surface area (Å²) in [5.74, 6) is -6.34. The molecule has 0 aliphatic heterocycles. The van der Waals surface area contributed by atoms with Gasteiger partial charge in [-0.05, 0) is 237 Å². The van der Waals surface area contributed by atoms with Crippen LogP contribution in [0.4, 0.5) is 69.2 Å². The van der Waals surface area contributed by atoms with Crippen LogP contribution in [0, 0.1) is 74.2 Å². The largest absolute Gasteiger partial charge is 0.310 e. The van der Waals surface area contributed by atoms with Crippen molar-refractivity contribution in [2.75, 3.05) is 9.80 Å². The molecule has 0 spiro atoms. The van der Waals surface area contributed by atoms with E-state index in [1.807, 2.05) is 135 Å². The Kier molecular flexibility index (Phi) is 12.3. The molecule has 0 N–H and O–H groups in total. The number of rotatable bonds is 10. The van der Waals surface area contributed by atoms with E-state index in [-0.39, 0.29) is 22.3 Å². The van der Waals surface area contributed by atoms with E-state index in [2.05, 4.69) is 12.1 Å². The van der Waals surface area contributed by atoms with E-state index in [4.69, 9.17) is 0 Å². The molecule has 0 fully saturated rings. The molecule has 0 aromatic heterocycles. The van der Waals surface area contributed by atoms with Crippen LogP contribution in [0.2, 0.25) is 0 Å². The summed E-state index contributed by atoms with van der Waals surface area (Å²) in [6.07, 6.45) is 0. The molecule has 0 radical (unpaired) electrons. The van der Waals surface area contributed by atoms with Gasteiger partial charge in [0.25, 0.3) is 0 Å². The molecular formula is C68H44F8N2. The van der Waals surface area contributed by atoms with Gasteiger partial charge in [-0.25, -0.2) is 35.1 Å². The second-order valence-electron chi connectivity index (χ2n) is 20.1. The van der Waals surface area contributed by atoms with Crippen molar-refractivity contribution in [3.05, 3.63) is 263 Å². The second-order valence-corrected chi connectivity index (χ2v) is 20.1. The summed E-state index contributed by atoms with van der Waals surface area (Å²) in [6, 6.07) is 51.9. The number of aryl methyl sites for hydroxylation is 4. The summed E-state index contributed by atoms with van der Waals surface area (Å²) in [5.41, 5.74) is 10.3. The SMILES string of the molecule is Cc1cc(C)cc(N(c2cc(-c3cc(F)cc(F)c3)cc(-c3cc(F)cc(F)c3)c2)c2ccc3ccc4c(N(c5cc(C)cc(C)c5)c5cc(-c6cc(F)cc(F)c6)cc(-c6cc(F)cc(F)c6)c5)ccc5ccc2c3c54)c1. The van der Waals surface area contributed by atoms with E-state index in [1.165, 1.54) is 48.5 Å². The van der Waals surface area contributed by atoms with E-state index in [1.54, 1.807) is 12.1 Å². The quantitative estimate of drug-likeness (QED) is 0.0995. The molecule has 0 unspecified atom stereocenters. The zero-order chi connectivity index (χ0) is 54.3. The van der Waals surface area contributed by atoms with E-state index < -0.39 is 46.5 Å². The molecule has 2 nitrogen and oxygen atoms in total. The monoisotopic (exact) mass is 1040 g/mol. The maximum Gasteiger partial charge on any atom is 0.126 e. The predicted molar refractivity (Wildman–Crippen MR) is 300 cm³/mol. The van der Waals surface area contributed by atoms with Crippen LogP contribution in [-0.2, 0) is 0 Å². The number of anilines is 6. The average molecular weight is 1040 g/mol. The fraction of sp³-hybridized carbons (Fsp3) is 0.0588. The fourth-order valence-electron chi connectivity index (χ4n) is 11.2. The maximum absolute atomic E-state index is 15.0. The van der Waals surface area contributed by atoms with Crippen LogP contribution in [0.15, 0.2) is 194 Å². The topological polar surface area (TPSA) is 6.48 Å². The van der Waals surface area contributed by atoms with Crippen molar-refractivity contribution in [2.24, 2.45) is 0 Å². The molecular weight excluding hydrogens is 997 g/mol. The minimum absolute atomic E-state index is 0.216. The molecule has 12 rings (SSSR count). The first-order valence-corrected chi connectivity index (χ1v) is 25.1. The highest BCUT2D eigenvalue weighted by Gasteiger charge is 2.25. The Morgan fingerprint density at radius 3 is 0.731 bits per heavy atom. The molecule has 0 atom stereocenters. The molecule has 10 heteroatoms. The highest BCUT2D eigenvalue weighted by atomic mass is 19.2. The molecule has 0 aliphatic carbocycles. The van der Waals surface area contributed by atoms with Crippen LogP contribution in [0.5, 0.6) is 0 Å². The summed E-state index contributed by atoms with van der Waals surface area (Å²) in [7, 11) is 0. The molecule has 78 heavy (non-hydrogen) atoms. The lowest BCUT2D eigenvalue weighted by molar-refractivity contribution is 0.583. The summed E-state index contributed by atoms with van der Waals surface area (Å²) in [5, 5.41) is 5.27. The van der Waals surface area contributed by atoms with Crippen LogP contribution < -0.4 is 9.80 Å². The smallest absolute Gasteiger partial charge is 0.126 e. The highest BCUT2D eigenvalue weighted by Crippen LogP contribution is 2.50. The Morgan fingerprint density at radius 1 is 0.231 bits per heavy atom. The summed E-state index contributed by atoms with van der Waals surface area (Å²) in [6.45, 7) is 7.95. The number of hydrogen-bond acceptors (Lipinski definition) is 2. The Morgan fingerprint density at radius 2 is 0.462 bits per heavy atom. The summed E-state index contributed by atoms with van der Waals surface area (Å²) < 4.78 is 120. The first-order valence-electron chi connectivity index (χ1n) is 25.1. The predicted octanol–water partition coefficient (Wildman–Crippen LogP) is 20.5. The van der Waals surface area contributed by atoms with Gasteiger partial charge in [-0.2, -0.15) is 0 Å². The minimum atomic E-state index is -0.792. The van der Waals surface area contributed by atoms with Crippen molar-refractivity contribution in [3.63, 3.8) is 0 Å². The first kappa shape index (κ1) is 49.6. The van der Waals surface area contributed by atoms with Gasteiger partial charge in [0.1, 0.15) is 46.5 Å². The van der Waals surface area contributed by atoms with Gasteiger partial charge in [-0.1, -0.05) is 48.5 Å². The zero-order valence-corrected chi connectivity index (χ0v) is 42.4. The van der Waals surface area contributed by atoms with E-state index in [0.717, 1.165) is 102 Å².